The van der Waals surface area contributed by atoms with Crippen molar-refractivity contribution in [1.29, 1.82) is 0 Å². The fraction of sp³-hybridized carbons (Fsp3) is 0.667. The van der Waals surface area contributed by atoms with E-state index in [4.69, 9.17) is 0 Å². The summed E-state index contributed by atoms with van der Waals surface area (Å²) in [7, 11) is 0. The van der Waals surface area contributed by atoms with E-state index in [0.717, 1.165) is 10.6 Å². The first-order chi connectivity index (χ1) is 2.27. The van der Waals surface area contributed by atoms with E-state index in [1.807, 2.05) is 6.92 Å². The van der Waals surface area contributed by atoms with Crippen molar-refractivity contribution in [2.45, 2.75) is 13.3 Å². The van der Waals surface area contributed by atoms with Crippen molar-refractivity contribution in [2.24, 2.45) is 0 Å². The third kappa shape index (κ3) is 9.06. The van der Waals surface area contributed by atoms with Crippen LogP contribution in [0.4, 0.5) is 0 Å². The first-order valence-corrected chi connectivity index (χ1v) is 2.34. The van der Waals surface area contributed by atoms with E-state index in [-0.39, 0.29) is 29.6 Å². The van der Waals surface area contributed by atoms with Crippen LogP contribution in [0.15, 0.2) is 0 Å². The van der Waals surface area contributed by atoms with E-state index in [9.17, 15) is 0 Å². The van der Waals surface area contributed by atoms with Gasteiger partial charge in [-0.3, -0.25) is 0 Å². The van der Waals surface area contributed by atoms with Crippen molar-refractivity contribution < 1.29 is 0 Å². The molecule has 32 valence electrons. The van der Waals surface area contributed by atoms with Gasteiger partial charge in [0.05, 0.1) is 0 Å². The molecule has 3 heteroatoms. The second-order valence-corrected chi connectivity index (χ2v) is 2.08. The summed E-state index contributed by atoms with van der Waals surface area (Å²) in [5, 5.41) is 0. The van der Waals surface area contributed by atoms with Crippen molar-refractivity contribution in [1.82, 2.24) is 0 Å². The van der Waals surface area contributed by atoms with Gasteiger partial charge in [0.2, 0.25) is 0 Å². The molecule has 0 aromatic rings. The number of thiocarbonyl (C=S) groups is 1. The van der Waals surface area contributed by atoms with Gasteiger partial charge in [0, 0.05) is 4.20 Å². The topological polar surface area (TPSA) is 0 Å². The Labute approximate surface area is 71.4 Å². The zero-order chi connectivity index (χ0) is 4.28. The van der Waals surface area contributed by atoms with E-state index in [0.29, 0.717) is 0 Å². The zero-order valence-electron chi connectivity index (χ0n) is 3.06. The predicted octanol–water partition coefficient (Wildman–Crippen LogP) is 1.01. The third-order valence-corrected chi connectivity index (χ3v) is 0.907. The fourth-order valence-corrected chi connectivity index (χ4v) is 0. The molecule has 0 amide bonds. The van der Waals surface area contributed by atoms with Crippen LogP contribution in [0, 0.1) is 0 Å². The number of rotatable bonds is 1. The van der Waals surface area contributed by atoms with Crippen LogP contribution >= 0.6 is 24.8 Å². The van der Waals surface area contributed by atoms with E-state index in [1.165, 1.54) is 0 Å². The SMILES string of the molecule is CCC(=S)S.[NaH]. The van der Waals surface area contributed by atoms with Crippen LogP contribution in [0.25, 0.3) is 0 Å². The van der Waals surface area contributed by atoms with E-state index in [1.54, 1.807) is 0 Å². The summed E-state index contributed by atoms with van der Waals surface area (Å²) < 4.78 is 0.782. The molecule has 0 aromatic carbocycles. The Morgan fingerprint density at radius 2 is 2.00 bits per heavy atom. The van der Waals surface area contributed by atoms with Crippen LogP contribution in [0.1, 0.15) is 13.3 Å². The summed E-state index contributed by atoms with van der Waals surface area (Å²) in [6.07, 6.45) is 0.901. The van der Waals surface area contributed by atoms with Crippen molar-refractivity contribution >= 4 is 58.6 Å². The van der Waals surface area contributed by atoms with E-state index in [2.05, 4.69) is 24.8 Å². The van der Waals surface area contributed by atoms with Crippen LogP contribution < -0.4 is 0 Å². The second-order valence-electron chi connectivity index (χ2n) is 0.747. The maximum absolute atomic E-state index is 4.56. The van der Waals surface area contributed by atoms with Crippen LogP contribution in [0.5, 0.6) is 0 Å². The molecule has 0 heterocycles. The molecule has 0 unspecified atom stereocenters. The van der Waals surface area contributed by atoms with Crippen molar-refractivity contribution in [3.05, 3.63) is 0 Å². The molecule has 0 fully saturated rings. The zero-order valence-corrected chi connectivity index (χ0v) is 4.77. The molecule has 0 aliphatic rings. The van der Waals surface area contributed by atoms with Crippen molar-refractivity contribution in [3.63, 3.8) is 0 Å². The van der Waals surface area contributed by atoms with Gasteiger partial charge in [-0.15, -0.1) is 12.6 Å². The van der Waals surface area contributed by atoms with Gasteiger partial charge in [-0.2, -0.15) is 0 Å². The van der Waals surface area contributed by atoms with Gasteiger partial charge in [0.25, 0.3) is 0 Å². The van der Waals surface area contributed by atoms with E-state index < -0.39 is 0 Å². The molecule has 0 nitrogen and oxygen atoms in total. The van der Waals surface area contributed by atoms with Gasteiger partial charge in [0.15, 0.2) is 0 Å². The standard InChI is InChI=1S/C3H6S2.Na.H/c1-2-3(4)5;;/h2H2,1H3,(H,4,5);;. The molecule has 0 saturated carbocycles. The summed E-state index contributed by atoms with van der Waals surface area (Å²) in [4.78, 5) is 0. The number of thiol groups is 1. The Morgan fingerprint density at radius 3 is 2.00 bits per heavy atom. The molecular weight excluding hydrogens is 123 g/mol. The van der Waals surface area contributed by atoms with Gasteiger partial charge in [-0.1, -0.05) is 19.1 Å². The summed E-state index contributed by atoms with van der Waals surface area (Å²) in [6, 6.07) is 0. The van der Waals surface area contributed by atoms with Crippen molar-refractivity contribution in [2.75, 3.05) is 0 Å². The quantitative estimate of drug-likeness (QED) is 0.314. The molecule has 0 aliphatic carbocycles. The molecule has 0 N–H and O–H groups in total. The summed E-state index contributed by atoms with van der Waals surface area (Å²) in [6.45, 7) is 1.98. The normalized spacial score (nSPS) is 6.33. The molecule has 6 heavy (non-hydrogen) atoms. The summed E-state index contributed by atoms with van der Waals surface area (Å²) in [5.41, 5.74) is 0. The maximum atomic E-state index is 4.56. The fourth-order valence-electron chi connectivity index (χ4n) is 0. The first kappa shape index (κ1) is 10.4. The number of hydrogen-bond donors (Lipinski definition) is 1. The predicted molar refractivity (Wildman–Crippen MR) is 39.0 cm³/mol. The Balaban J connectivity index is 0. The Bertz CT molecular complexity index is 44.1. The molecule has 0 aliphatic heterocycles. The van der Waals surface area contributed by atoms with Crippen LogP contribution in [-0.2, 0) is 0 Å². The Morgan fingerprint density at radius 1 is 1.83 bits per heavy atom. The minimum atomic E-state index is 0. The van der Waals surface area contributed by atoms with E-state index >= 15 is 0 Å². The molecule has 0 bridgehead atoms. The van der Waals surface area contributed by atoms with Crippen LogP contribution in [-0.4, -0.2) is 33.8 Å². The third-order valence-electron chi connectivity index (χ3n) is 0.302. The molecule has 0 spiro atoms. The molecule has 0 atom stereocenters. The molecule has 0 saturated heterocycles. The first-order valence-electron chi connectivity index (χ1n) is 1.49. The van der Waals surface area contributed by atoms with Gasteiger partial charge in [-0.05, 0) is 6.42 Å². The average molecular weight is 130 g/mol. The Kier molecular flexibility index (Phi) is 11.2. The van der Waals surface area contributed by atoms with Gasteiger partial charge >= 0.3 is 29.6 Å². The molecule has 0 radical (unpaired) electrons. The Hall–Kier alpha value is 1.44. The number of hydrogen-bond acceptors (Lipinski definition) is 1. The molecule has 0 aromatic heterocycles. The minimum absolute atomic E-state index is 0. The second kappa shape index (κ2) is 6.44. The van der Waals surface area contributed by atoms with Gasteiger partial charge < -0.3 is 0 Å². The van der Waals surface area contributed by atoms with Crippen LogP contribution in [0.3, 0.4) is 0 Å². The van der Waals surface area contributed by atoms with Crippen LogP contribution in [0.2, 0.25) is 0 Å². The van der Waals surface area contributed by atoms with Gasteiger partial charge in [-0.25, -0.2) is 0 Å². The average Bonchev–Trinajstić information content (AvgIpc) is 1.38. The summed E-state index contributed by atoms with van der Waals surface area (Å²) >= 11 is 8.39. The van der Waals surface area contributed by atoms with Crippen molar-refractivity contribution in [3.8, 4) is 0 Å². The van der Waals surface area contributed by atoms with Gasteiger partial charge in [0.1, 0.15) is 0 Å². The summed E-state index contributed by atoms with van der Waals surface area (Å²) in [5.74, 6) is 0. The molecular formula is C3H7NaS2. The monoisotopic (exact) mass is 130 g/mol. The molecule has 0 rings (SSSR count).